The fourth-order valence-electron chi connectivity index (χ4n) is 3.88. The third-order valence-corrected chi connectivity index (χ3v) is 5.46. The van der Waals surface area contributed by atoms with E-state index in [1.165, 1.54) is 11.3 Å². The number of anilines is 3. The second kappa shape index (κ2) is 7.56. The van der Waals surface area contributed by atoms with Gasteiger partial charge in [0.15, 0.2) is 11.5 Å². The summed E-state index contributed by atoms with van der Waals surface area (Å²) in [5.74, 6) is 0.752. The van der Waals surface area contributed by atoms with Gasteiger partial charge in [-0.2, -0.15) is 0 Å². The van der Waals surface area contributed by atoms with Crippen LogP contribution in [0.25, 0.3) is 16.9 Å². The van der Waals surface area contributed by atoms with Crippen molar-refractivity contribution in [1.29, 1.82) is 0 Å². The molecule has 0 amide bonds. The molecule has 29 heavy (non-hydrogen) atoms. The molecule has 2 N–H and O–H groups in total. The third kappa shape index (κ3) is 3.43. The zero-order chi connectivity index (χ0) is 19.6. The van der Waals surface area contributed by atoms with Crippen molar-refractivity contribution in [3.05, 3.63) is 72.7 Å². The Labute approximate surface area is 170 Å². The predicted molar refractivity (Wildman–Crippen MR) is 118 cm³/mol. The molecular formula is C23H24N6. The van der Waals surface area contributed by atoms with Crippen molar-refractivity contribution < 1.29 is 0 Å². The van der Waals surface area contributed by atoms with Crippen LogP contribution in [0, 0.1) is 6.92 Å². The zero-order valence-corrected chi connectivity index (χ0v) is 16.5. The molecule has 0 unspecified atom stereocenters. The molecule has 4 aromatic rings. The van der Waals surface area contributed by atoms with E-state index in [2.05, 4.69) is 80.4 Å². The first-order chi connectivity index (χ1) is 14.3. The minimum absolute atomic E-state index is 0.752. The van der Waals surface area contributed by atoms with E-state index in [9.17, 15) is 0 Å². The van der Waals surface area contributed by atoms with Gasteiger partial charge >= 0.3 is 0 Å². The van der Waals surface area contributed by atoms with Gasteiger partial charge in [-0.1, -0.05) is 24.3 Å². The van der Waals surface area contributed by atoms with Gasteiger partial charge in [0.1, 0.15) is 0 Å². The van der Waals surface area contributed by atoms with Crippen molar-refractivity contribution in [2.45, 2.75) is 6.92 Å². The Morgan fingerprint density at radius 2 is 1.76 bits per heavy atom. The quantitative estimate of drug-likeness (QED) is 0.560. The Bertz CT molecular complexity index is 1130. The van der Waals surface area contributed by atoms with Crippen molar-refractivity contribution >= 4 is 22.8 Å². The van der Waals surface area contributed by atoms with E-state index >= 15 is 0 Å². The Hall–Kier alpha value is -3.38. The van der Waals surface area contributed by atoms with Crippen LogP contribution in [0.15, 0.2) is 67.1 Å². The van der Waals surface area contributed by atoms with Gasteiger partial charge in [-0.25, -0.2) is 9.97 Å². The SMILES string of the molecule is Cc1ccccc1-c1cnc(Nc2ccc(N3CCNCC3)cc2)c2nccn12. The van der Waals surface area contributed by atoms with Crippen LogP contribution in [0.4, 0.5) is 17.2 Å². The van der Waals surface area contributed by atoms with Crippen LogP contribution in [0.3, 0.4) is 0 Å². The van der Waals surface area contributed by atoms with E-state index in [4.69, 9.17) is 4.98 Å². The lowest BCUT2D eigenvalue weighted by atomic mass is 10.1. The summed E-state index contributed by atoms with van der Waals surface area (Å²) in [5, 5.41) is 6.82. The van der Waals surface area contributed by atoms with Crippen molar-refractivity contribution in [1.82, 2.24) is 19.7 Å². The number of piperazine rings is 1. The molecule has 0 atom stereocenters. The lowest BCUT2D eigenvalue weighted by Crippen LogP contribution is -2.43. The molecule has 6 heteroatoms. The highest BCUT2D eigenvalue weighted by Gasteiger charge is 2.13. The summed E-state index contributed by atoms with van der Waals surface area (Å²) in [5.41, 5.74) is 6.49. The number of fused-ring (bicyclic) bond motifs is 1. The molecule has 1 aliphatic heterocycles. The third-order valence-electron chi connectivity index (χ3n) is 5.46. The standard InChI is InChI=1S/C23H24N6/c1-17-4-2-3-5-20(17)21-16-26-22(23-25-12-15-29(21)23)27-18-6-8-19(9-7-18)28-13-10-24-11-14-28/h2-9,12,15-16,24H,10-11,13-14H2,1H3,(H,26,27). The molecule has 0 radical (unpaired) electrons. The topological polar surface area (TPSA) is 57.5 Å². The largest absolute Gasteiger partial charge is 0.369 e. The summed E-state index contributed by atoms with van der Waals surface area (Å²) in [7, 11) is 0. The average molecular weight is 384 g/mol. The van der Waals surface area contributed by atoms with Crippen LogP contribution in [0.5, 0.6) is 0 Å². The van der Waals surface area contributed by atoms with E-state index in [-0.39, 0.29) is 0 Å². The lowest BCUT2D eigenvalue weighted by Gasteiger charge is -2.29. The van der Waals surface area contributed by atoms with E-state index < -0.39 is 0 Å². The fourth-order valence-corrected chi connectivity index (χ4v) is 3.88. The van der Waals surface area contributed by atoms with Crippen LogP contribution in [-0.4, -0.2) is 40.5 Å². The maximum atomic E-state index is 4.69. The van der Waals surface area contributed by atoms with Crippen molar-refractivity contribution in [3.63, 3.8) is 0 Å². The van der Waals surface area contributed by atoms with Crippen LogP contribution in [-0.2, 0) is 0 Å². The first kappa shape index (κ1) is 17.7. The number of nitrogens with one attached hydrogen (secondary N) is 2. The van der Waals surface area contributed by atoms with E-state index in [0.29, 0.717) is 0 Å². The lowest BCUT2D eigenvalue weighted by molar-refractivity contribution is 0.589. The predicted octanol–water partition coefficient (Wildman–Crippen LogP) is 3.86. The first-order valence-corrected chi connectivity index (χ1v) is 10.0. The maximum Gasteiger partial charge on any atom is 0.180 e. The van der Waals surface area contributed by atoms with Crippen LogP contribution in [0.1, 0.15) is 5.56 Å². The molecule has 3 heterocycles. The van der Waals surface area contributed by atoms with E-state index in [1.807, 2.05) is 18.6 Å². The number of hydrogen-bond donors (Lipinski definition) is 2. The Morgan fingerprint density at radius 1 is 0.966 bits per heavy atom. The molecule has 0 aliphatic carbocycles. The second-order valence-electron chi connectivity index (χ2n) is 7.34. The highest BCUT2D eigenvalue weighted by atomic mass is 15.2. The summed E-state index contributed by atoms with van der Waals surface area (Å²) < 4.78 is 2.09. The number of nitrogens with zero attached hydrogens (tertiary/aromatic N) is 4. The van der Waals surface area contributed by atoms with Gasteiger partial charge in [-0.05, 0) is 36.8 Å². The van der Waals surface area contributed by atoms with Crippen molar-refractivity contribution in [3.8, 4) is 11.3 Å². The van der Waals surface area contributed by atoms with Gasteiger partial charge in [-0.15, -0.1) is 0 Å². The number of hydrogen-bond acceptors (Lipinski definition) is 5. The molecule has 1 fully saturated rings. The molecule has 0 spiro atoms. The summed E-state index contributed by atoms with van der Waals surface area (Å²) in [4.78, 5) is 11.6. The normalized spacial score (nSPS) is 14.3. The fraction of sp³-hybridized carbons (Fsp3) is 0.217. The minimum Gasteiger partial charge on any atom is -0.369 e. The molecule has 1 saturated heterocycles. The average Bonchev–Trinajstić information content (AvgIpc) is 3.26. The number of imidazole rings is 1. The van der Waals surface area contributed by atoms with Gasteiger partial charge in [0, 0.05) is 55.5 Å². The smallest absolute Gasteiger partial charge is 0.180 e. The molecule has 1 aliphatic rings. The van der Waals surface area contributed by atoms with E-state index in [1.54, 1.807) is 0 Å². The number of rotatable bonds is 4. The number of aromatic nitrogens is 3. The van der Waals surface area contributed by atoms with Crippen molar-refractivity contribution in [2.75, 3.05) is 36.4 Å². The zero-order valence-electron chi connectivity index (χ0n) is 16.5. The van der Waals surface area contributed by atoms with E-state index in [0.717, 1.165) is 54.6 Å². The Morgan fingerprint density at radius 3 is 2.55 bits per heavy atom. The number of benzene rings is 2. The van der Waals surface area contributed by atoms with Gasteiger partial charge in [0.2, 0.25) is 0 Å². The monoisotopic (exact) mass is 384 g/mol. The minimum atomic E-state index is 0.752. The molecule has 0 saturated carbocycles. The molecule has 5 rings (SSSR count). The molecule has 2 aromatic heterocycles. The molecule has 146 valence electrons. The Kier molecular flexibility index (Phi) is 4.62. The highest BCUT2D eigenvalue weighted by Crippen LogP contribution is 2.28. The van der Waals surface area contributed by atoms with Crippen LogP contribution in [0.2, 0.25) is 0 Å². The van der Waals surface area contributed by atoms with Gasteiger partial charge in [0.05, 0.1) is 11.9 Å². The van der Waals surface area contributed by atoms with Crippen molar-refractivity contribution in [2.24, 2.45) is 0 Å². The summed E-state index contributed by atoms with van der Waals surface area (Å²) >= 11 is 0. The first-order valence-electron chi connectivity index (χ1n) is 10.0. The van der Waals surface area contributed by atoms with Crippen LogP contribution < -0.4 is 15.5 Å². The molecular weight excluding hydrogens is 360 g/mol. The summed E-state index contributed by atoms with van der Waals surface area (Å²) in [6, 6.07) is 16.9. The van der Waals surface area contributed by atoms with Gasteiger partial charge in [-0.3, -0.25) is 4.40 Å². The Balaban J connectivity index is 1.44. The van der Waals surface area contributed by atoms with Gasteiger partial charge < -0.3 is 15.5 Å². The summed E-state index contributed by atoms with van der Waals surface area (Å²) in [6.07, 6.45) is 5.71. The second-order valence-corrected chi connectivity index (χ2v) is 7.34. The summed E-state index contributed by atoms with van der Waals surface area (Å²) in [6.45, 7) is 6.28. The molecule has 6 nitrogen and oxygen atoms in total. The highest BCUT2D eigenvalue weighted by molar-refractivity contribution is 5.75. The number of aryl methyl sites for hydroxylation is 1. The molecule has 0 bridgehead atoms. The van der Waals surface area contributed by atoms with Crippen LogP contribution >= 0.6 is 0 Å². The maximum absolute atomic E-state index is 4.69. The molecule has 2 aromatic carbocycles. The van der Waals surface area contributed by atoms with Gasteiger partial charge in [0.25, 0.3) is 0 Å².